The van der Waals surface area contributed by atoms with Crippen LogP contribution in [0.4, 0.5) is 0 Å². The highest BCUT2D eigenvalue weighted by Crippen LogP contribution is 2.14. The molecule has 0 fully saturated rings. The molecule has 4 heteroatoms. The first-order valence-corrected chi connectivity index (χ1v) is 4.37. The summed E-state index contributed by atoms with van der Waals surface area (Å²) in [7, 11) is 0. The lowest BCUT2D eigenvalue weighted by Crippen LogP contribution is -1.86. The van der Waals surface area contributed by atoms with Gasteiger partial charge < -0.3 is 0 Å². The monoisotopic (exact) mass is 311 g/mol. The lowest BCUT2D eigenvalue weighted by atomic mass is 10.3. The van der Waals surface area contributed by atoms with Crippen LogP contribution in [0.15, 0.2) is 16.7 Å². The number of aromatic nitrogens is 1. The van der Waals surface area contributed by atoms with Crippen LogP contribution in [-0.4, -0.2) is 11.3 Å². The first-order valence-electron chi connectivity index (χ1n) is 2.50. The van der Waals surface area contributed by atoms with Gasteiger partial charge in [0, 0.05) is 16.2 Å². The predicted octanol–water partition coefficient (Wildman–Crippen LogP) is 2.26. The van der Waals surface area contributed by atoms with Gasteiger partial charge in [-0.05, 0) is 44.6 Å². The predicted molar refractivity (Wildman–Crippen MR) is 50.0 cm³/mol. The molecule has 1 heterocycles. The summed E-state index contributed by atoms with van der Waals surface area (Å²) in [6.07, 6.45) is 2.42. The Hall–Kier alpha value is 0.0300. The fourth-order valence-electron chi connectivity index (χ4n) is 0.518. The van der Waals surface area contributed by atoms with Crippen LogP contribution in [0.5, 0.6) is 0 Å². The summed E-state index contributed by atoms with van der Waals surface area (Å²) >= 11 is 5.25. The molecule has 1 aromatic heterocycles. The number of rotatable bonds is 1. The molecular formula is C6H3BrINO. The minimum atomic E-state index is 0.638. The number of hydrogen-bond donors (Lipinski definition) is 0. The molecule has 0 amide bonds. The second kappa shape index (κ2) is 3.43. The number of nitrogens with zero attached hydrogens (tertiary/aromatic N) is 1. The number of halogens is 2. The Labute approximate surface area is 80.3 Å². The summed E-state index contributed by atoms with van der Waals surface area (Å²) in [6.45, 7) is 0. The molecule has 0 radical (unpaired) electrons. The van der Waals surface area contributed by atoms with Crippen molar-refractivity contribution >= 4 is 44.8 Å². The van der Waals surface area contributed by atoms with E-state index in [1.165, 1.54) is 0 Å². The molecule has 0 unspecified atom stereocenters. The number of aldehydes is 1. The molecule has 10 heavy (non-hydrogen) atoms. The van der Waals surface area contributed by atoms with Crippen LogP contribution in [0.1, 0.15) is 10.4 Å². The van der Waals surface area contributed by atoms with Gasteiger partial charge in [0.15, 0.2) is 6.29 Å². The van der Waals surface area contributed by atoms with Crippen molar-refractivity contribution in [2.45, 2.75) is 0 Å². The number of carbonyl (C=O) groups excluding carboxylic acids is 1. The molecule has 0 atom stereocenters. The molecule has 0 N–H and O–H groups in total. The standard InChI is InChI=1S/C6H3BrINO/c7-5-2-9-6(8)1-4(5)3-10/h1-3H. The van der Waals surface area contributed by atoms with Gasteiger partial charge in [-0.25, -0.2) is 4.98 Å². The van der Waals surface area contributed by atoms with Crippen LogP contribution in [0.25, 0.3) is 0 Å². The first-order chi connectivity index (χ1) is 4.74. The van der Waals surface area contributed by atoms with Crippen LogP contribution < -0.4 is 0 Å². The highest BCUT2D eigenvalue weighted by atomic mass is 127. The van der Waals surface area contributed by atoms with Gasteiger partial charge in [-0.2, -0.15) is 0 Å². The molecule has 2 nitrogen and oxygen atoms in total. The van der Waals surface area contributed by atoms with Gasteiger partial charge in [-0.3, -0.25) is 4.79 Å². The molecular weight excluding hydrogens is 309 g/mol. The zero-order valence-electron chi connectivity index (χ0n) is 4.84. The quantitative estimate of drug-likeness (QED) is 0.452. The zero-order chi connectivity index (χ0) is 7.56. The summed E-state index contributed by atoms with van der Waals surface area (Å²) < 4.78 is 1.56. The average Bonchev–Trinajstić information content (AvgIpc) is 1.94. The smallest absolute Gasteiger partial charge is 0.151 e. The fraction of sp³-hybridized carbons (Fsp3) is 0. The fourth-order valence-corrected chi connectivity index (χ4v) is 1.30. The minimum Gasteiger partial charge on any atom is -0.298 e. The molecule has 1 rings (SSSR count). The van der Waals surface area contributed by atoms with Crippen LogP contribution in [-0.2, 0) is 0 Å². The normalized spacial score (nSPS) is 9.40. The third-order valence-corrected chi connectivity index (χ3v) is 2.23. The van der Waals surface area contributed by atoms with Gasteiger partial charge in [0.05, 0.1) is 0 Å². The van der Waals surface area contributed by atoms with E-state index in [0.29, 0.717) is 5.56 Å². The van der Waals surface area contributed by atoms with E-state index in [1.807, 2.05) is 0 Å². The Morgan fingerprint density at radius 1 is 1.70 bits per heavy atom. The molecule has 0 saturated heterocycles. The summed E-state index contributed by atoms with van der Waals surface area (Å²) in [6, 6.07) is 1.72. The minimum absolute atomic E-state index is 0.638. The first kappa shape index (κ1) is 8.13. The topological polar surface area (TPSA) is 30.0 Å². The summed E-state index contributed by atoms with van der Waals surface area (Å²) in [4.78, 5) is 14.3. The SMILES string of the molecule is O=Cc1cc(I)ncc1Br. The number of hydrogen-bond acceptors (Lipinski definition) is 2. The highest BCUT2D eigenvalue weighted by molar-refractivity contribution is 14.1. The van der Waals surface area contributed by atoms with E-state index >= 15 is 0 Å². The molecule has 0 saturated carbocycles. The van der Waals surface area contributed by atoms with Gasteiger partial charge in [-0.15, -0.1) is 0 Å². The average molecular weight is 312 g/mol. The van der Waals surface area contributed by atoms with E-state index in [2.05, 4.69) is 43.5 Å². The molecule has 0 aliphatic rings. The second-order valence-corrected chi connectivity index (χ2v) is 3.61. The Morgan fingerprint density at radius 2 is 2.40 bits per heavy atom. The Kier molecular flexibility index (Phi) is 2.79. The van der Waals surface area contributed by atoms with Crippen molar-refractivity contribution in [3.63, 3.8) is 0 Å². The molecule has 1 aromatic rings. The van der Waals surface area contributed by atoms with E-state index < -0.39 is 0 Å². The third kappa shape index (κ3) is 1.76. The van der Waals surface area contributed by atoms with E-state index in [4.69, 9.17) is 0 Å². The molecule has 0 aliphatic carbocycles. The van der Waals surface area contributed by atoms with Crippen molar-refractivity contribution in [3.8, 4) is 0 Å². The van der Waals surface area contributed by atoms with Crippen LogP contribution in [0, 0.1) is 3.70 Å². The Bertz CT molecular complexity index is 264. The van der Waals surface area contributed by atoms with Gasteiger partial charge in [0.1, 0.15) is 3.70 Å². The van der Waals surface area contributed by atoms with E-state index in [9.17, 15) is 4.79 Å². The maximum Gasteiger partial charge on any atom is 0.151 e. The van der Waals surface area contributed by atoms with E-state index in [0.717, 1.165) is 14.5 Å². The van der Waals surface area contributed by atoms with Gasteiger partial charge in [0.25, 0.3) is 0 Å². The van der Waals surface area contributed by atoms with Crippen molar-refractivity contribution < 1.29 is 4.79 Å². The van der Waals surface area contributed by atoms with Crippen molar-refractivity contribution in [1.29, 1.82) is 0 Å². The van der Waals surface area contributed by atoms with Crippen molar-refractivity contribution in [2.24, 2.45) is 0 Å². The van der Waals surface area contributed by atoms with Crippen molar-refractivity contribution in [2.75, 3.05) is 0 Å². The maximum absolute atomic E-state index is 10.3. The van der Waals surface area contributed by atoms with Crippen LogP contribution >= 0.6 is 38.5 Å². The third-order valence-electron chi connectivity index (χ3n) is 0.979. The lowest BCUT2D eigenvalue weighted by molar-refractivity contribution is 0.112. The van der Waals surface area contributed by atoms with Crippen LogP contribution in [0.3, 0.4) is 0 Å². The summed E-state index contributed by atoms with van der Waals surface area (Å²) in [5.74, 6) is 0. The molecule has 0 aromatic carbocycles. The van der Waals surface area contributed by atoms with Crippen LogP contribution in [0.2, 0.25) is 0 Å². The number of pyridine rings is 1. The number of carbonyl (C=O) groups is 1. The van der Waals surface area contributed by atoms with Crippen molar-refractivity contribution in [1.82, 2.24) is 4.98 Å². The lowest BCUT2D eigenvalue weighted by Gasteiger charge is -1.93. The zero-order valence-corrected chi connectivity index (χ0v) is 8.59. The Morgan fingerprint density at radius 3 is 2.90 bits per heavy atom. The van der Waals surface area contributed by atoms with E-state index in [1.54, 1.807) is 12.3 Å². The maximum atomic E-state index is 10.3. The summed E-state index contributed by atoms with van der Waals surface area (Å²) in [5, 5.41) is 0. The Balaban J connectivity index is 3.21. The summed E-state index contributed by atoms with van der Waals surface area (Å²) in [5.41, 5.74) is 0.638. The highest BCUT2D eigenvalue weighted by Gasteiger charge is 1.97. The molecule has 0 spiro atoms. The molecule has 0 bridgehead atoms. The van der Waals surface area contributed by atoms with Gasteiger partial charge in [0.2, 0.25) is 0 Å². The second-order valence-electron chi connectivity index (χ2n) is 1.65. The van der Waals surface area contributed by atoms with E-state index in [-0.39, 0.29) is 0 Å². The van der Waals surface area contributed by atoms with Gasteiger partial charge in [-0.1, -0.05) is 0 Å². The molecule has 52 valence electrons. The molecule has 0 aliphatic heterocycles. The largest absolute Gasteiger partial charge is 0.298 e. The van der Waals surface area contributed by atoms with Gasteiger partial charge >= 0.3 is 0 Å². The van der Waals surface area contributed by atoms with Crippen molar-refractivity contribution in [3.05, 3.63) is 26.0 Å².